The summed E-state index contributed by atoms with van der Waals surface area (Å²) in [5.41, 5.74) is -1.18. The molecule has 1 saturated heterocycles. The van der Waals surface area contributed by atoms with Gasteiger partial charge in [0.25, 0.3) is 11.5 Å². The number of aromatic nitrogens is 1. The second-order valence-electron chi connectivity index (χ2n) is 7.59. The zero-order valence-electron chi connectivity index (χ0n) is 14.9. The van der Waals surface area contributed by atoms with Crippen molar-refractivity contribution in [2.45, 2.75) is 51.7 Å². The lowest BCUT2D eigenvalue weighted by molar-refractivity contribution is 0.0120. The van der Waals surface area contributed by atoms with E-state index in [4.69, 9.17) is 4.74 Å². The van der Waals surface area contributed by atoms with Gasteiger partial charge in [0.15, 0.2) is 0 Å². The van der Waals surface area contributed by atoms with E-state index in [1.54, 1.807) is 27.7 Å². The first kappa shape index (κ1) is 17.5. The molecule has 1 aromatic heterocycles. The monoisotopic (exact) mass is 349 g/mol. The van der Waals surface area contributed by atoms with Crippen LogP contribution in [0.15, 0.2) is 10.9 Å². The largest absolute Gasteiger partial charge is 0.465 e. The second-order valence-corrected chi connectivity index (χ2v) is 7.59. The van der Waals surface area contributed by atoms with Crippen LogP contribution in [0.5, 0.6) is 0 Å². The smallest absolute Gasteiger partial charge is 0.412 e. The summed E-state index contributed by atoms with van der Waals surface area (Å²) >= 11 is 0. The molecule has 2 aliphatic heterocycles. The maximum absolute atomic E-state index is 13.2. The summed E-state index contributed by atoms with van der Waals surface area (Å²) in [7, 11) is 0. The summed E-state index contributed by atoms with van der Waals surface area (Å²) in [5.74, 6) is -0.305. The van der Waals surface area contributed by atoms with E-state index in [0.717, 1.165) is 4.90 Å². The van der Waals surface area contributed by atoms with Crippen LogP contribution in [-0.2, 0) is 10.4 Å². The summed E-state index contributed by atoms with van der Waals surface area (Å²) in [5, 5.41) is 12.6. The third kappa shape index (κ3) is 2.60. The zero-order valence-corrected chi connectivity index (χ0v) is 14.9. The first-order chi connectivity index (χ1) is 11.6. The summed E-state index contributed by atoms with van der Waals surface area (Å²) < 4.78 is 6.82. The quantitative estimate of drug-likeness (QED) is 0.803. The number of nitrogens with zero attached hydrogens (tertiary/aromatic N) is 2. The molecule has 0 bridgehead atoms. The molecule has 25 heavy (non-hydrogen) atoms. The lowest BCUT2D eigenvalue weighted by atomic mass is 10.00. The van der Waals surface area contributed by atoms with Gasteiger partial charge in [-0.15, -0.1) is 0 Å². The maximum Gasteiger partial charge on any atom is 0.412 e. The van der Waals surface area contributed by atoms with Crippen molar-refractivity contribution in [2.24, 2.45) is 0 Å². The number of nitrogens with one attached hydrogen (secondary N) is 1. The second kappa shape index (κ2) is 5.59. The number of carbonyl (C=O) groups excluding carboxylic acids is 1. The molecule has 2 amide bonds. The molecule has 0 radical (unpaired) electrons. The molecule has 2 aliphatic rings. The van der Waals surface area contributed by atoms with Gasteiger partial charge in [0.05, 0.1) is 13.2 Å². The van der Waals surface area contributed by atoms with Gasteiger partial charge in [-0.3, -0.25) is 19.1 Å². The molecule has 1 fully saturated rings. The Bertz CT molecular complexity index is 800. The summed E-state index contributed by atoms with van der Waals surface area (Å²) in [6.07, 6.45) is -0.267. The minimum atomic E-state index is -1.21. The molecule has 0 aliphatic carbocycles. The van der Waals surface area contributed by atoms with Crippen LogP contribution >= 0.6 is 0 Å². The average molecular weight is 349 g/mol. The maximum atomic E-state index is 13.2. The van der Waals surface area contributed by atoms with Crippen molar-refractivity contribution in [3.05, 3.63) is 27.7 Å². The van der Waals surface area contributed by atoms with Crippen molar-refractivity contribution in [2.75, 3.05) is 18.1 Å². The van der Waals surface area contributed by atoms with Gasteiger partial charge in [0.2, 0.25) is 0 Å². The molecule has 1 spiro atoms. The summed E-state index contributed by atoms with van der Waals surface area (Å²) in [6, 6.07) is 1.49. The van der Waals surface area contributed by atoms with Gasteiger partial charge in [0.1, 0.15) is 17.0 Å². The number of ether oxygens (including phenoxy) is 1. The van der Waals surface area contributed by atoms with Crippen LogP contribution in [-0.4, -0.2) is 40.4 Å². The van der Waals surface area contributed by atoms with Crippen LogP contribution in [0.4, 0.5) is 10.5 Å². The number of hydrogen-bond donors (Lipinski definition) is 2. The predicted octanol–water partition coefficient (Wildman–Crippen LogP) is 1.65. The van der Waals surface area contributed by atoms with Gasteiger partial charge in [0, 0.05) is 18.4 Å². The molecule has 1 aromatic rings. The van der Waals surface area contributed by atoms with E-state index < -0.39 is 22.9 Å². The fraction of sp³-hybridized carbons (Fsp3) is 0.588. The highest BCUT2D eigenvalue weighted by molar-refractivity contribution is 5.97. The molecule has 0 atom stereocenters. The van der Waals surface area contributed by atoms with E-state index in [2.05, 4.69) is 5.32 Å². The van der Waals surface area contributed by atoms with Crippen LogP contribution in [0.3, 0.4) is 0 Å². The number of amides is 2. The number of pyridine rings is 1. The molecule has 0 aromatic carbocycles. The highest BCUT2D eigenvalue weighted by atomic mass is 16.5. The number of rotatable bonds is 1. The predicted molar refractivity (Wildman–Crippen MR) is 91.2 cm³/mol. The fourth-order valence-corrected chi connectivity index (χ4v) is 3.71. The summed E-state index contributed by atoms with van der Waals surface area (Å²) in [4.78, 5) is 38.6. The summed E-state index contributed by atoms with van der Waals surface area (Å²) in [6.45, 7) is 7.74. The number of carboxylic acid groups (broad SMARTS) is 1. The average Bonchev–Trinajstić information content (AvgIpc) is 2.76. The van der Waals surface area contributed by atoms with Crippen LogP contribution in [0.1, 0.15) is 49.7 Å². The third-order valence-electron chi connectivity index (χ3n) is 4.78. The molecule has 8 nitrogen and oxygen atoms in total. The van der Waals surface area contributed by atoms with Gasteiger partial charge in [-0.2, -0.15) is 0 Å². The molecule has 3 rings (SSSR count). The van der Waals surface area contributed by atoms with Gasteiger partial charge in [-0.25, -0.2) is 4.79 Å². The molecular weight excluding hydrogens is 326 g/mol. The molecule has 8 heteroatoms. The Morgan fingerprint density at radius 1 is 1.32 bits per heavy atom. The Balaban J connectivity index is 2.28. The van der Waals surface area contributed by atoms with Crippen molar-refractivity contribution < 1.29 is 19.4 Å². The molecule has 0 unspecified atom stereocenters. The number of carbonyl (C=O) groups is 2. The van der Waals surface area contributed by atoms with Crippen molar-refractivity contribution >= 4 is 17.7 Å². The Kier molecular flexibility index (Phi) is 3.90. The standard InChI is InChI=1S/C17H23N3O5/c1-10-9-11(19(15(23)24)16(2,3)4)14(22)20-12(10)13(21)18-17(20)5-7-25-8-6-17/h9H,5-8H2,1-4H3,(H,18,21)(H,23,24). The first-order valence-electron chi connectivity index (χ1n) is 8.29. The molecule has 136 valence electrons. The van der Waals surface area contributed by atoms with Crippen molar-refractivity contribution in [1.82, 2.24) is 9.88 Å². The normalized spacial score (nSPS) is 18.8. The van der Waals surface area contributed by atoms with E-state index in [1.165, 1.54) is 10.6 Å². The fourth-order valence-electron chi connectivity index (χ4n) is 3.71. The molecule has 2 N–H and O–H groups in total. The van der Waals surface area contributed by atoms with Crippen LogP contribution in [0.25, 0.3) is 0 Å². The SMILES string of the molecule is Cc1cc(N(C(=O)O)C(C)(C)C)c(=O)n2c1C(=O)NC21CCOCC1. The highest BCUT2D eigenvalue weighted by Crippen LogP contribution is 2.34. The Morgan fingerprint density at radius 2 is 1.92 bits per heavy atom. The molecule has 0 saturated carbocycles. The van der Waals surface area contributed by atoms with Crippen LogP contribution in [0, 0.1) is 6.92 Å². The Labute approximate surface area is 145 Å². The van der Waals surface area contributed by atoms with Crippen molar-refractivity contribution in [3.63, 3.8) is 0 Å². The van der Waals surface area contributed by atoms with Gasteiger partial charge >= 0.3 is 6.09 Å². The van der Waals surface area contributed by atoms with Crippen molar-refractivity contribution in [1.29, 1.82) is 0 Å². The van der Waals surface area contributed by atoms with E-state index in [9.17, 15) is 19.5 Å². The topological polar surface area (TPSA) is 101 Å². The van der Waals surface area contributed by atoms with Crippen molar-refractivity contribution in [3.8, 4) is 0 Å². The minimum absolute atomic E-state index is 0.0589. The number of anilines is 1. The first-order valence-corrected chi connectivity index (χ1v) is 8.29. The number of aryl methyl sites for hydroxylation is 1. The number of fused-ring (bicyclic) bond motifs is 2. The van der Waals surface area contributed by atoms with Gasteiger partial charge in [-0.05, 0) is 39.3 Å². The highest BCUT2D eigenvalue weighted by Gasteiger charge is 2.46. The lowest BCUT2D eigenvalue weighted by Crippen LogP contribution is -2.53. The van der Waals surface area contributed by atoms with E-state index in [1.807, 2.05) is 0 Å². The van der Waals surface area contributed by atoms with Crippen LogP contribution < -0.4 is 15.8 Å². The Morgan fingerprint density at radius 3 is 2.44 bits per heavy atom. The molecule has 3 heterocycles. The van der Waals surface area contributed by atoms with Crippen LogP contribution in [0.2, 0.25) is 0 Å². The third-order valence-corrected chi connectivity index (χ3v) is 4.78. The van der Waals surface area contributed by atoms with Gasteiger partial charge in [-0.1, -0.05) is 0 Å². The van der Waals surface area contributed by atoms with E-state index in [0.29, 0.717) is 37.3 Å². The minimum Gasteiger partial charge on any atom is -0.465 e. The zero-order chi connectivity index (χ0) is 18.6. The number of hydrogen-bond acceptors (Lipinski definition) is 4. The van der Waals surface area contributed by atoms with E-state index in [-0.39, 0.29) is 11.6 Å². The molecular formula is C17H23N3O5. The lowest BCUT2D eigenvalue weighted by Gasteiger charge is -2.37. The van der Waals surface area contributed by atoms with E-state index >= 15 is 0 Å². The van der Waals surface area contributed by atoms with Gasteiger partial charge < -0.3 is 15.2 Å². The Hall–Kier alpha value is -2.35.